The molecule has 0 spiro atoms. The fourth-order valence-corrected chi connectivity index (χ4v) is 3.93. The molecule has 2 rings (SSSR count). The molecule has 1 aromatic carbocycles. The number of sulfonamides is 1. The van der Waals surface area contributed by atoms with Gasteiger partial charge in [0.05, 0.1) is 12.3 Å². The second-order valence-electron chi connectivity index (χ2n) is 5.58. The lowest BCUT2D eigenvalue weighted by Crippen LogP contribution is -2.34. The third-order valence-electron chi connectivity index (χ3n) is 3.59. The molecule has 0 saturated heterocycles. The van der Waals surface area contributed by atoms with E-state index in [1.807, 2.05) is 45.0 Å². The summed E-state index contributed by atoms with van der Waals surface area (Å²) in [6.07, 6.45) is 4.68. The summed E-state index contributed by atoms with van der Waals surface area (Å²) in [5.41, 5.74) is 4.08. The van der Waals surface area contributed by atoms with Crippen LogP contribution in [-0.2, 0) is 10.0 Å². The summed E-state index contributed by atoms with van der Waals surface area (Å²) in [6.45, 7) is 6.31. The second kappa shape index (κ2) is 6.58. The number of hydrogen-bond acceptors (Lipinski definition) is 3. The summed E-state index contributed by atoms with van der Waals surface area (Å²) in [7, 11) is -3.33. The van der Waals surface area contributed by atoms with Gasteiger partial charge >= 0.3 is 0 Å². The number of nitrogens with zero attached hydrogens (tertiary/aromatic N) is 2. The van der Waals surface area contributed by atoms with Crippen LogP contribution in [0.1, 0.15) is 35.2 Å². The number of benzene rings is 1. The van der Waals surface area contributed by atoms with Crippen molar-refractivity contribution in [1.29, 1.82) is 0 Å². The molecule has 0 aliphatic heterocycles. The van der Waals surface area contributed by atoms with Crippen LogP contribution in [0.2, 0.25) is 0 Å². The predicted molar refractivity (Wildman–Crippen MR) is 89.2 cm³/mol. The number of rotatable bonds is 5. The Hall–Kier alpha value is -1.72. The largest absolute Gasteiger partial charge is 0.264 e. The Balaban J connectivity index is 2.65. The Morgan fingerprint density at radius 2 is 1.77 bits per heavy atom. The van der Waals surface area contributed by atoms with Crippen molar-refractivity contribution in [2.75, 3.05) is 12.8 Å². The van der Waals surface area contributed by atoms with Crippen LogP contribution in [0.15, 0.2) is 42.7 Å². The van der Waals surface area contributed by atoms with Crippen molar-refractivity contribution in [3.8, 4) is 0 Å². The van der Waals surface area contributed by atoms with Gasteiger partial charge in [0.2, 0.25) is 10.0 Å². The van der Waals surface area contributed by atoms with Gasteiger partial charge < -0.3 is 0 Å². The topological polar surface area (TPSA) is 50.3 Å². The molecule has 22 heavy (non-hydrogen) atoms. The Morgan fingerprint density at radius 1 is 1.14 bits per heavy atom. The number of aryl methyl sites for hydroxylation is 2. The lowest BCUT2D eigenvalue weighted by molar-refractivity contribution is 0.378. The van der Waals surface area contributed by atoms with Gasteiger partial charge in [-0.25, -0.2) is 8.42 Å². The lowest BCUT2D eigenvalue weighted by atomic mass is 9.96. The van der Waals surface area contributed by atoms with Gasteiger partial charge in [-0.2, -0.15) is 4.31 Å². The van der Waals surface area contributed by atoms with E-state index in [0.717, 1.165) is 22.3 Å². The molecule has 0 aliphatic rings. The lowest BCUT2D eigenvalue weighted by Gasteiger charge is -2.29. The van der Waals surface area contributed by atoms with E-state index in [1.54, 1.807) is 12.4 Å². The predicted octanol–water partition coefficient (Wildman–Crippen LogP) is 3.07. The third-order valence-corrected chi connectivity index (χ3v) is 4.91. The highest BCUT2D eigenvalue weighted by Gasteiger charge is 2.28. The van der Waals surface area contributed by atoms with E-state index >= 15 is 0 Å². The van der Waals surface area contributed by atoms with Crippen molar-refractivity contribution in [1.82, 2.24) is 9.29 Å². The van der Waals surface area contributed by atoms with Crippen molar-refractivity contribution >= 4 is 10.0 Å². The van der Waals surface area contributed by atoms with E-state index in [9.17, 15) is 8.42 Å². The SMILES string of the molecule is CCN([C@H](c1cccnc1)c1cc(C)cc(C)c1)S(C)(=O)=O. The van der Waals surface area contributed by atoms with Crippen molar-refractivity contribution in [2.24, 2.45) is 0 Å². The van der Waals surface area contributed by atoms with Crippen molar-refractivity contribution in [2.45, 2.75) is 26.8 Å². The van der Waals surface area contributed by atoms with Gasteiger partial charge in [-0.1, -0.05) is 42.3 Å². The van der Waals surface area contributed by atoms with Gasteiger partial charge in [0.1, 0.15) is 0 Å². The van der Waals surface area contributed by atoms with Crippen LogP contribution < -0.4 is 0 Å². The minimum atomic E-state index is -3.33. The highest BCUT2D eigenvalue weighted by molar-refractivity contribution is 7.88. The summed E-state index contributed by atoms with van der Waals surface area (Å²) < 4.78 is 26.0. The van der Waals surface area contributed by atoms with E-state index in [0.29, 0.717) is 6.54 Å². The quantitative estimate of drug-likeness (QED) is 0.851. The van der Waals surface area contributed by atoms with Gasteiger partial charge in [0.25, 0.3) is 0 Å². The monoisotopic (exact) mass is 318 g/mol. The number of aromatic nitrogens is 1. The zero-order chi connectivity index (χ0) is 16.3. The summed E-state index contributed by atoms with van der Waals surface area (Å²) in [6, 6.07) is 9.56. The average Bonchev–Trinajstić information content (AvgIpc) is 2.43. The normalized spacial score (nSPS) is 13.3. The van der Waals surface area contributed by atoms with Crippen molar-refractivity contribution in [3.05, 3.63) is 65.0 Å². The molecular formula is C17H22N2O2S. The molecule has 1 atom stereocenters. The molecule has 0 saturated carbocycles. The summed E-state index contributed by atoms with van der Waals surface area (Å²) >= 11 is 0. The molecule has 0 aliphatic carbocycles. The van der Waals surface area contributed by atoms with Crippen LogP contribution in [-0.4, -0.2) is 30.5 Å². The third kappa shape index (κ3) is 3.72. The smallest absolute Gasteiger partial charge is 0.212 e. The molecule has 0 bridgehead atoms. The molecule has 0 radical (unpaired) electrons. The highest BCUT2D eigenvalue weighted by atomic mass is 32.2. The Labute approximate surface area is 132 Å². The first-order valence-corrected chi connectivity index (χ1v) is 9.12. The maximum Gasteiger partial charge on any atom is 0.212 e. The van der Waals surface area contributed by atoms with E-state index in [-0.39, 0.29) is 6.04 Å². The van der Waals surface area contributed by atoms with Crippen LogP contribution in [0.25, 0.3) is 0 Å². The van der Waals surface area contributed by atoms with Crippen molar-refractivity contribution in [3.63, 3.8) is 0 Å². The summed E-state index contributed by atoms with van der Waals surface area (Å²) in [5.74, 6) is 0. The van der Waals surface area contributed by atoms with Crippen LogP contribution in [0, 0.1) is 13.8 Å². The van der Waals surface area contributed by atoms with E-state index < -0.39 is 10.0 Å². The van der Waals surface area contributed by atoms with Crippen LogP contribution >= 0.6 is 0 Å². The molecule has 0 N–H and O–H groups in total. The molecule has 118 valence electrons. The Bertz CT molecular complexity index is 722. The summed E-state index contributed by atoms with van der Waals surface area (Å²) in [5, 5.41) is 0. The van der Waals surface area contributed by atoms with Crippen LogP contribution in [0.5, 0.6) is 0 Å². The first kappa shape index (κ1) is 16.6. The maximum atomic E-state index is 12.2. The second-order valence-corrected chi connectivity index (χ2v) is 7.51. The van der Waals surface area contributed by atoms with Gasteiger partial charge in [0.15, 0.2) is 0 Å². The molecule has 0 fully saturated rings. The number of pyridine rings is 1. The van der Waals surface area contributed by atoms with Gasteiger partial charge in [-0.3, -0.25) is 4.98 Å². The number of hydrogen-bond donors (Lipinski definition) is 0. The van der Waals surface area contributed by atoms with Gasteiger partial charge in [-0.05, 0) is 31.0 Å². The fourth-order valence-electron chi connectivity index (χ4n) is 2.84. The summed E-state index contributed by atoms with van der Waals surface area (Å²) in [4.78, 5) is 4.15. The highest BCUT2D eigenvalue weighted by Crippen LogP contribution is 2.31. The zero-order valence-electron chi connectivity index (χ0n) is 13.4. The van der Waals surface area contributed by atoms with Crippen LogP contribution in [0.4, 0.5) is 0 Å². The molecule has 1 aromatic heterocycles. The first-order valence-electron chi connectivity index (χ1n) is 7.28. The molecular weight excluding hydrogens is 296 g/mol. The molecule has 1 heterocycles. The van der Waals surface area contributed by atoms with E-state index in [2.05, 4.69) is 11.1 Å². The molecule has 5 heteroatoms. The van der Waals surface area contributed by atoms with Gasteiger partial charge in [-0.15, -0.1) is 0 Å². The average molecular weight is 318 g/mol. The van der Waals surface area contributed by atoms with E-state index in [4.69, 9.17) is 0 Å². The van der Waals surface area contributed by atoms with Crippen molar-refractivity contribution < 1.29 is 8.42 Å². The molecule has 4 nitrogen and oxygen atoms in total. The van der Waals surface area contributed by atoms with Crippen LogP contribution in [0.3, 0.4) is 0 Å². The maximum absolute atomic E-state index is 12.2. The minimum absolute atomic E-state index is 0.354. The zero-order valence-corrected chi connectivity index (χ0v) is 14.3. The van der Waals surface area contributed by atoms with E-state index in [1.165, 1.54) is 10.6 Å². The Morgan fingerprint density at radius 3 is 2.23 bits per heavy atom. The molecule has 0 amide bonds. The standard InChI is InChI=1S/C17H22N2O2S/c1-5-19(22(4,20)21)17(15-7-6-8-18-12-15)16-10-13(2)9-14(3)11-16/h6-12,17H,5H2,1-4H3/t17-/m1/s1. The van der Waals surface area contributed by atoms with Gasteiger partial charge in [0, 0.05) is 18.9 Å². The minimum Gasteiger partial charge on any atom is -0.264 e. The fraction of sp³-hybridized carbons (Fsp3) is 0.353. The Kier molecular flexibility index (Phi) is 4.98. The molecule has 0 unspecified atom stereocenters. The first-order chi connectivity index (χ1) is 10.3. The molecule has 2 aromatic rings.